The summed E-state index contributed by atoms with van der Waals surface area (Å²) in [5.74, 6) is 0.0598. The monoisotopic (exact) mass is 302 g/mol. The Hall–Kier alpha value is -2.00. The van der Waals surface area contributed by atoms with Crippen LogP contribution in [0.15, 0.2) is 48.5 Å². The molecule has 2 N–H and O–H groups in total. The number of hydrogen-bond donors (Lipinski definition) is 2. The van der Waals surface area contributed by atoms with E-state index in [0.717, 1.165) is 34.9 Å². The summed E-state index contributed by atoms with van der Waals surface area (Å²) in [4.78, 5) is 11.5. The number of carbonyl (C=O) groups excluding carboxylic acids is 1. The van der Waals surface area contributed by atoms with Crippen LogP contribution in [0, 0.1) is 0 Å². The number of carbonyl (C=O) groups is 1. The quantitative estimate of drug-likeness (QED) is 0.812. The molecular weight excluding hydrogens is 284 g/mol. The van der Waals surface area contributed by atoms with Gasteiger partial charge in [0.1, 0.15) is 0 Å². The molecule has 21 heavy (non-hydrogen) atoms. The number of anilines is 2. The second-order valence-electron chi connectivity index (χ2n) is 4.86. The van der Waals surface area contributed by atoms with Crippen molar-refractivity contribution in [2.75, 3.05) is 10.6 Å². The fourth-order valence-corrected chi connectivity index (χ4v) is 2.05. The Kier molecular flexibility index (Phi) is 5.64. The average Bonchev–Trinajstić information content (AvgIpc) is 2.48. The van der Waals surface area contributed by atoms with E-state index in [-0.39, 0.29) is 5.91 Å². The number of amides is 1. The van der Waals surface area contributed by atoms with Crippen molar-refractivity contribution in [2.45, 2.75) is 26.3 Å². The molecule has 0 atom stereocenters. The molecule has 0 fully saturated rings. The van der Waals surface area contributed by atoms with E-state index in [2.05, 4.69) is 10.6 Å². The zero-order valence-corrected chi connectivity index (χ0v) is 12.8. The highest BCUT2D eigenvalue weighted by atomic mass is 35.5. The van der Waals surface area contributed by atoms with Crippen LogP contribution in [0.1, 0.15) is 25.3 Å². The van der Waals surface area contributed by atoms with E-state index < -0.39 is 0 Å². The number of nitrogens with one attached hydrogen (secondary N) is 2. The van der Waals surface area contributed by atoms with Crippen LogP contribution < -0.4 is 10.6 Å². The largest absolute Gasteiger partial charge is 0.381 e. The lowest BCUT2D eigenvalue weighted by molar-refractivity contribution is -0.116. The maximum absolute atomic E-state index is 11.5. The average molecular weight is 303 g/mol. The van der Waals surface area contributed by atoms with E-state index in [1.165, 1.54) is 0 Å². The molecule has 4 heteroatoms. The van der Waals surface area contributed by atoms with Crippen molar-refractivity contribution in [3.05, 3.63) is 59.1 Å². The molecule has 0 aliphatic heterocycles. The van der Waals surface area contributed by atoms with Crippen molar-refractivity contribution in [1.82, 2.24) is 0 Å². The third-order valence-corrected chi connectivity index (χ3v) is 3.31. The minimum atomic E-state index is 0.0598. The first-order valence-electron chi connectivity index (χ1n) is 7.05. The maximum atomic E-state index is 11.5. The van der Waals surface area contributed by atoms with Crippen molar-refractivity contribution >= 4 is 28.9 Å². The maximum Gasteiger partial charge on any atom is 0.224 e. The lowest BCUT2D eigenvalue weighted by Gasteiger charge is -2.08. The molecule has 0 radical (unpaired) electrons. The van der Waals surface area contributed by atoms with Gasteiger partial charge in [-0.25, -0.2) is 0 Å². The second-order valence-corrected chi connectivity index (χ2v) is 5.29. The molecule has 0 bridgehead atoms. The Morgan fingerprint density at radius 1 is 1.00 bits per heavy atom. The molecule has 2 aromatic carbocycles. The minimum Gasteiger partial charge on any atom is -0.381 e. The summed E-state index contributed by atoms with van der Waals surface area (Å²) >= 11 is 5.85. The van der Waals surface area contributed by atoms with E-state index in [0.29, 0.717) is 6.42 Å². The zero-order chi connectivity index (χ0) is 15.1. The van der Waals surface area contributed by atoms with Crippen molar-refractivity contribution in [1.29, 1.82) is 0 Å². The van der Waals surface area contributed by atoms with Crippen molar-refractivity contribution in [3.8, 4) is 0 Å². The van der Waals surface area contributed by atoms with Gasteiger partial charge in [-0.3, -0.25) is 4.79 Å². The van der Waals surface area contributed by atoms with Gasteiger partial charge in [0, 0.05) is 29.4 Å². The van der Waals surface area contributed by atoms with Gasteiger partial charge < -0.3 is 10.6 Å². The highest BCUT2D eigenvalue weighted by molar-refractivity contribution is 6.30. The van der Waals surface area contributed by atoms with Crippen LogP contribution in [-0.2, 0) is 11.3 Å². The fourth-order valence-electron chi connectivity index (χ4n) is 1.93. The number of rotatable bonds is 6. The molecule has 0 heterocycles. The predicted molar refractivity (Wildman–Crippen MR) is 88.8 cm³/mol. The van der Waals surface area contributed by atoms with Crippen LogP contribution in [0.4, 0.5) is 11.4 Å². The molecule has 0 aliphatic carbocycles. The van der Waals surface area contributed by atoms with Crippen LogP contribution >= 0.6 is 11.6 Å². The van der Waals surface area contributed by atoms with Crippen LogP contribution in [0.25, 0.3) is 0 Å². The normalized spacial score (nSPS) is 10.2. The lowest BCUT2D eigenvalue weighted by atomic mass is 10.2. The molecule has 0 saturated heterocycles. The van der Waals surface area contributed by atoms with Gasteiger partial charge in [0.05, 0.1) is 0 Å². The van der Waals surface area contributed by atoms with E-state index in [1.807, 2.05) is 55.5 Å². The summed E-state index contributed by atoms with van der Waals surface area (Å²) in [6, 6.07) is 15.5. The third-order valence-electron chi connectivity index (χ3n) is 3.06. The molecule has 3 nitrogen and oxygen atoms in total. The third kappa shape index (κ3) is 5.12. The number of halogens is 1. The topological polar surface area (TPSA) is 41.1 Å². The Balaban J connectivity index is 1.87. The highest BCUT2D eigenvalue weighted by Crippen LogP contribution is 2.15. The summed E-state index contributed by atoms with van der Waals surface area (Å²) in [6.07, 6.45) is 1.41. The minimum absolute atomic E-state index is 0.0598. The first kappa shape index (κ1) is 15.4. The lowest BCUT2D eigenvalue weighted by Crippen LogP contribution is -2.10. The fraction of sp³-hybridized carbons (Fsp3) is 0.235. The van der Waals surface area contributed by atoms with Crippen molar-refractivity contribution in [3.63, 3.8) is 0 Å². The summed E-state index contributed by atoms with van der Waals surface area (Å²) in [5, 5.41) is 6.93. The SMILES string of the molecule is CCCC(=O)Nc1ccc(CNc2ccc(Cl)cc2)cc1. The van der Waals surface area contributed by atoms with Gasteiger partial charge in [0.2, 0.25) is 5.91 Å². The first-order valence-corrected chi connectivity index (χ1v) is 7.43. The second kappa shape index (κ2) is 7.70. The van der Waals surface area contributed by atoms with Gasteiger partial charge in [-0.15, -0.1) is 0 Å². The molecular formula is C17H19ClN2O. The van der Waals surface area contributed by atoms with Crippen LogP contribution in [0.5, 0.6) is 0 Å². The standard InChI is InChI=1S/C17H19ClN2O/c1-2-3-17(21)20-16-8-4-13(5-9-16)12-19-15-10-6-14(18)7-11-15/h4-11,19H,2-3,12H2,1H3,(H,20,21). The molecule has 2 aromatic rings. The van der Waals surface area contributed by atoms with Gasteiger partial charge in [0.25, 0.3) is 0 Å². The van der Waals surface area contributed by atoms with E-state index >= 15 is 0 Å². The predicted octanol–water partition coefficient (Wildman–Crippen LogP) is 4.69. The molecule has 2 rings (SSSR count). The van der Waals surface area contributed by atoms with Crippen molar-refractivity contribution < 1.29 is 4.79 Å². The summed E-state index contributed by atoms with van der Waals surface area (Å²) in [5.41, 5.74) is 3.02. The molecule has 0 spiro atoms. The summed E-state index contributed by atoms with van der Waals surface area (Å²) in [7, 11) is 0. The van der Waals surface area contributed by atoms with Gasteiger partial charge in [-0.05, 0) is 48.4 Å². The highest BCUT2D eigenvalue weighted by Gasteiger charge is 2.01. The summed E-state index contributed by atoms with van der Waals surface area (Å²) in [6.45, 7) is 2.72. The van der Waals surface area contributed by atoms with Crippen LogP contribution in [0.3, 0.4) is 0 Å². The first-order chi connectivity index (χ1) is 10.2. The summed E-state index contributed by atoms with van der Waals surface area (Å²) < 4.78 is 0. The number of hydrogen-bond acceptors (Lipinski definition) is 2. The molecule has 1 amide bonds. The van der Waals surface area contributed by atoms with E-state index in [1.54, 1.807) is 0 Å². The molecule has 0 aromatic heterocycles. The molecule has 0 aliphatic rings. The Morgan fingerprint density at radius 3 is 2.24 bits per heavy atom. The van der Waals surface area contributed by atoms with Gasteiger partial charge in [0.15, 0.2) is 0 Å². The van der Waals surface area contributed by atoms with Crippen LogP contribution in [0.2, 0.25) is 5.02 Å². The molecule has 110 valence electrons. The number of benzene rings is 2. The smallest absolute Gasteiger partial charge is 0.224 e. The van der Waals surface area contributed by atoms with Gasteiger partial charge in [-0.1, -0.05) is 30.7 Å². The van der Waals surface area contributed by atoms with Crippen molar-refractivity contribution in [2.24, 2.45) is 0 Å². The molecule has 0 saturated carbocycles. The van der Waals surface area contributed by atoms with Crippen LogP contribution in [-0.4, -0.2) is 5.91 Å². The Labute approximate surface area is 130 Å². The zero-order valence-electron chi connectivity index (χ0n) is 12.0. The van der Waals surface area contributed by atoms with Gasteiger partial charge in [-0.2, -0.15) is 0 Å². The van der Waals surface area contributed by atoms with E-state index in [4.69, 9.17) is 11.6 Å². The Bertz CT molecular complexity index is 579. The Morgan fingerprint density at radius 2 is 1.62 bits per heavy atom. The van der Waals surface area contributed by atoms with Gasteiger partial charge >= 0.3 is 0 Å². The molecule has 0 unspecified atom stereocenters. The van der Waals surface area contributed by atoms with E-state index in [9.17, 15) is 4.79 Å².